The Morgan fingerprint density at radius 1 is 0.897 bits per heavy atom. The maximum absolute atomic E-state index is 12.1. The van der Waals surface area contributed by atoms with Crippen molar-refractivity contribution in [2.75, 3.05) is 43.1 Å². The molecule has 0 radical (unpaired) electrons. The highest BCUT2D eigenvalue weighted by atomic mass is 16.6. The van der Waals surface area contributed by atoms with Crippen LogP contribution in [0.15, 0.2) is 42.5 Å². The molecule has 0 atom stereocenters. The highest BCUT2D eigenvalue weighted by Crippen LogP contribution is 2.32. The van der Waals surface area contributed by atoms with Gasteiger partial charge in [0.15, 0.2) is 11.5 Å². The van der Waals surface area contributed by atoms with Gasteiger partial charge in [-0.3, -0.25) is 9.59 Å². The van der Waals surface area contributed by atoms with Crippen molar-refractivity contribution in [3.8, 4) is 11.5 Å². The largest absolute Gasteiger partial charge is 0.486 e. The lowest BCUT2D eigenvalue weighted by Gasteiger charge is -2.19. The molecule has 0 spiro atoms. The Kier molecular flexibility index (Phi) is 5.84. The SMILES string of the molecule is O=C(NCCc1ccc(N2CCCC2)cc1)C(=O)Nc1ccc2c(c1)OCCO2. The van der Waals surface area contributed by atoms with Gasteiger partial charge < -0.3 is 25.0 Å². The number of fused-ring (bicyclic) bond motifs is 1. The predicted molar refractivity (Wildman–Crippen MR) is 111 cm³/mol. The lowest BCUT2D eigenvalue weighted by Crippen LogP contribution is -2.36. The van der Waals surface area contributed by atoms with Gasteiger partial charge in [0.25, 0.3) is 0 Å². The van der Waals surface area contributed by atoms with Crippen LogP contribution in [0.3, 0.4) is 0 Å². The molecule has 2 aromatic carbocycles. The van der Waals surface area contributed by atoms with E-state index in [4.69, 9.17) is 9.47 Å². The first-order chi connectivity index (χ1) is 14.2. The molecular formula is C22H25N3O4. The summed E-state index contributed by atoms with van der Waals surface area (Å²) in [5.74, 6) is -0.166. The number of nitrogens with zero attached hydrogens (tertiary/aromatic N) is 1. The van der Waals surface area contributed by atoms with Crippen molar-refractivity contribution in [2.45, 2.75) is 19.3 Å². The number of benzene rings is 2. The third-order valence-corrected chi connectivity index (χ3v) is 5.11. The summed E-state index contributed by atoms with van der Waals surface area (Å²) in [4.78, 5) is 26.6. The van der Waals surface area contributed by atoms with Crippen LogP contribution in [-0.4, -0.2) is 44.7 Å². The summed E-state index contributed by atoms with van der Waals surface area (Å²) in [7, 11) is 0. The van der Waals surface area contributed by atoms with Gasteiger partial charge in [-0.2, -0.15) is 0 Å². The van der Waals surface area contributed by atoms with Gasteiger partial charge in [-0.1, -0.05) is 12.1 Å². The third kappa shape index (κ3) is 4.80. The number of anilines is 2. The zero-order chi connectivity index (χ0) is 20.1. The number of nitrogens with one attached hydrogen (secondary N) is 2. The zero-order valence-corrected chi connectivity index (χ0v) is 16.3. The molecule has 2 N–H and O–H groups in total. The first-order valence-corrected chi connectivity index (χ1v) is 10.0. The second-order valence-corrected chi connectivity index (χ2v) is 7.18. The number of hydrogen-bond donors (Lipinski definition) is 2. The Morgan fingerprint density at radius 3 is 2.38 bits per heavy atom. The molecule has 2 aromatic rings. The number of hydrogen-bond acceptors (Lipinski definition) is 5. The number of carbonyl (C=O) groups excluding carboxylic acids is 2. The first-order valence-electron chi connectivity index (χ1n) is 10.0. The number of rotatable bonds is 5. The Morgan fingerprint density at radius 2 is 1.62 bits per heavy atom. The first kappa shape index (κ1) is 19.1. The maximum atomic E-state index is 12.1. The minimum Gasteiger partial charge on any atom is -0.486 e. The topological polar surface area (TPSA) is 79.9 Å². The Labute approximate surface area is 170 Å². The van der Waals surface area contributed by atoms with Crippen molar-refractivity contribution < 1.29 is 19.1 Å². The maximum Gasteiger partial charge on any atom is 0.313 e. The molecular weight excluding hydrogens is 370 g/mol. The van der Waals surface area contributed by atoms with E-state index in [1.54, 1.807) is 18.2 Å². The summed E-state index contributed by atoms with van der Waals surface area (Å²) in [6.07, 6.45) is 3.17. The molecule has 1 saturated heterocycles. The molecule has 2 amide bonds. The summed E-state index contributed by atoms with van der Waals surface area (Å²) < 4.78 is 10.9. The van der Waals surface area contributed by atoms with Gasteiger partial charge in [-0.15, -0.1) is 0 Å². The van der Waals surface area contributed by atoms with Gasteiger partial charge in [-0.25, -0.2) is 0 Å². The smallest absolute Gasteiger partial charge is 0.313 e. The zero-order valence-electron chi connectivity index (χ0n) is 16.3. The van der Waals surface area contributed by atoms with Crippen molar-refractivity contribution in [3.05, 3.63) is 48.0 Å². The third-order valence-electron chi connectivity index (χ3n) is 5.11. The number of carbonyl (C=O) groups is 2. The van der Waals surface area contributed by atoms with Crippen LogP contribution in [0, 0.1) is 0 Å². The van der Waals surface area contributed by atoms with Crippen LogP contribution in [0.1, 0.15) is 18.4 Å². The molecule has 0 bridgehead atoms. The standard InChI is InChI=1S/C22H25N3O4/c26-21(22(27)24-17-5-8-19-20(15-17)29-14-13-28-19)23-10-9-16-3-6-18(7-4-16)25-11-1-2-12-25/h3-8,15H,1-2,9-14H2,(H,23,26)(H,24,27). The molecule has 0 aromatic heterocycles. The van der Waals surface area contributed by atoms with E-state index in [0.29, 0.717) is 43.4 Å². The quantitative estimate of drug-likeness (QED) is 0.760. The van der Waals surface area contributed by atoms with Crippen LogP contribution in [0.4, 0.5) is 11.4 Å². The monoisotopic (exact) mass is 395 g/mol. The van der Waals surface area contributed by atoms with E-state index in [2.05, 4.69) is 39.8 Å². The van der Waals surface area contributed by atoms with Gasteiger partial charge in [-0.05, 0) is 49.1 Å². The summed E-state index contributed by atoms with van der Waals surface area (Å²) in [6, 6.07) is 13.5. The van der Waals surface area contributed by atoms with Gasteiger partial charge in [0.2, 0.25) is 0 Å². The fourth-order valence-electron chi connectivity index (χ4n) is 3.56. The van der Waals surface area contributed by atoms with Gasteiger partial charge in [0.1, 0.15) is 13.2 Å². The number of ether oxygens (including phenoxy) is 2. The molecule has 0 aliphatic carbocycles. The van der Waals surface area contributed by atoms with Gasteiger partial charge in [0.05, 0.1) is 0 Å². The van der Waals surface area contributed by atoms with E-state index < -0.39 is 11.8 Å². The molecule has 2 heterocycles. The summed E-state index contributed by atoms with van der Waals surface area (Å²) >= 11 is 0. The lowest BCUT2D eigenvalue weighted by atomic mass is 10.1. The van der Waals surface area contributed by atoms with Crippen LogP contribution >= 0.6 is 0 Å². The Bertz CT molecular complexity index is 876. The Hall–Kier alpha value is -3.22. The highest BCUT2D eigenvalue weighted by Gasteiger charge is 2.16. The fraction of sp³-hybridized carbons (Fsp3) is 0.364. The van der Waals surface area contributed by atoms with E-state index in [9.17, 15) is 9.59 Å². The van der Waals surface area contributed by atoms with Crippen LogP contribution in [0.25, 0.3) is 0 Å². The van der Waals surface area contributed by atoms with E-state index in [-0.39, 0.29) is 0 Å². The minimum absolute atomic E-state index is 0.399. The lowest BCUT2D eigenvalue weighted by molar-refractivity contribution is -0.136. The average Bonchev–Trinajstić information content (AvgIpc) is 3.29. The molecule has 2 aliphatic rings. The average molecular weight is 395 g/mol. The highest BCUT2D eigenvalue weighted by molar-refractivity contribution is 6.39. The molecule has 0 saturated carbocycles. The fourth-order valence-corrected chi connectivity index (χ4v) is 3.56. The van der Waals surface area contributed by atoms with Crippen molar-refractivity contribution in [2.24, 2.45) is 0 Å². The van der Waals surface area contributed by atoms with Gasteiger partial charge >= 0.3 is 11.8 Å². The molecule has 29 heavy (non-hydrogen) atoms. The van der Waals surface area contributed by atoms with E-state index in [0.717, 1.165) is 18.7 Å². The Balaban J connectivity index is 1.23. The van der Waals surface area contributed by atoms with Crippen molar-refractivity contribution in [1.29, 1.82) is 0 Å². The molecule has 1 fully saturated rings. The van der Waals surface area contributed by atoms with Crippen LogP contribution in [-0.2, 0) is 16.0 Å². The molecule has 4 rings (SSSR count). The van der Waals surface area contributed by atoms with E-state index in [1.807, 2.05) is 0 Å². The molecule has 7 nitrogen and oxygen atoms in total. The molecule has 7 heteroatoms. The molecule has 0 unspecified atom stereocenters. The van der Waals surface area contributed by atoms with Crippen LogP contribution < -0.4 is 25.0 Å². The normalized spacial score (nSPS) is 15.1. The summed E-state index contributed by atoms with van der Waals surface area (Å²) in [5, 5.41) is 5.25. The van der Waals surface area contributed by atoms with Crippen LogP contribution in [0.5, 0.6) is 11.5 Å². The predicted octanol–water partition coefficient (Wildman–Crippen LogP) is 2.36. The van der Waals surface area contributed by atoms with Gasteiger partial charge in [0, 0.05) is 37.1 Å². The van der Waals surface area contributed by atoms with Crippen molar-refractivity contribution >= 4 is 23.2 Å². The second kappa shape index (κ2) is 8.86. The molecule has 152 valence electrons. The second-order valence-electron chi connectivity index (χ2n) is 7.18. The van der Waals surface area contributed by atoms with Crippen molar-refractivity contribution in [1.82, 2.24) is 5.32 Å². The summed E-state index contributed by atoms with van der Waals surface area (Å²) in [6.45, 7) is 3.60. The minimum atomic E-state index is -0.703. The van der Waals surface area contributed by atoms with Crippen molar-refractivity contribution in [3.63, 3.8) is 0 Å². The number of amides is 2. The molecule has 2 aliphatic heterocycles. The van der Waals surface area contributed by atoms with Crippen LogP contribution in [0.2, 0.25) is 0 Å². The van der Waals surface area contributed by atoms with E-state index in [1.165, 1.54) is 18.5 Å². The van der Waals surface area contributed by atoms with E-state index >= 15 is 0 Å². The summed E-state index contributed by atoms with van der Waals surface area (Å²) in [5.41, 5.74) is 2.86.